The third-order valence-electron chi connectivity index (χ3n) is 3.89. The Morgan fingerprint density at radius 1 is 1.04 bits per heavy atom. The lowest BCUT2D eigenvalue weighted by atomic mass is 10.1. The zero-order chi connectivity index (χ0) is 19.8. The second kappa shape index (κ2) is 9.40. The number of hydrogen-bond acceptors (Lipinski definition) is 3. The number of ether oxygens (including phenoxy) is 1. The van der Waals surface area contributed by atoms with Crippen molar-refractivity contribution in [2.45, 2.75) is 6.61 Å². The van der Waals surface area contributed by atoms with Gasteiger partial charge in [0, 0.05) is 10.7 Å². The molecule has 1 N–H and O–H groups in total. The van der Waals surface area contributed by atoms with E-state index < -0.39 is 5.91 Å². The van der Waals surface area contributed by atoms with Crippen LogP contribution < -0.4 is 10.1 Å². The average molecular weight is 389 g/mol. The second-order valence-electron chi connectivity index (χ2n) is 5.98. The van der Waals surface area contributed by atoms with E-state index in [0.717, 1.165) is 11.1 Å². The monoisotopic (exact) mass is 388 g/mol. The first-order chi connectivity index (χ1) is 13.6. The fourth-order valence-corrected chi connectivity index (χ4v) is 2.67. The van der Waals surface area contributed by atoms with Gasteiger partial charge in [0.15, 0.2) is 0 Å². The van der Waals surface area contributed by atoms with Gasteiger partial charge in [-0.2, -0.15) is 5.26 Å². The Kier molecular flexibility index (Phi) is 6.46. The summed E-state index contributed by atoms with van der Waals surface area (Å²) in [4.78, 5) is 12.3. The molecule has 0 unspecified atom stereocenters. The Bertz CT molecular complexity index is 1020. The van der Waals surface area contributed by atoms with Crippen LogP contribution in [0, 0.1) is 11.3 Å². The second-order valence-corrected chi connectivity index (χ2v) is 6.41. The highest BCUT2D eigenvalue weighted by molar-refractivity contribution is 6.31. The van der Waals surface area contributed by atoms with Gasteiger partial charge in [0.05, 0.1) is 0 Å². The summed E-state index contributed by atoms with van der Waals surface area (Å²) in [6, 6.07) is 25.8. The van der Waals surface area contributed by atoms with Gasteiger partial charge in [-0.25, -0.2) is 0 Å². The Hall–Kier alpha value is -3.55. The molecule has 0 saturated carbocycles. The molecule has 0 aromatic heterocycles. The Morgan fingerprint density at radius 3 is 2.46 bits per heavy atom. The SMILES string of the molecule is N#C/C(=C\c1ccc(OCc2ccccc2)cc1)C(=O)Nc1cccc(Cl)c1. The lowest BCUT2D eigenvalue weighted by Gasteiger charge is -2.07. The maximum atomic E-state index is 12.3. The fraction of sp³-hybridized carbons (Fsp3) is 0.0435. The molecule has 28 heavy (non-hydrogen) atoms. The summed E-state index contributed by atoms with van der Waals surface area (Å²) >= 11 is 5.91. The predicted octanol–water partition coefficient (Wildman–Crippen LogP) is 5.46. The topological polar surface area (TPSA) is 62.1 Å². The van der Waals surface area contributed by atoms with Crippen molar-refractivity contribution in [3.8, 4) is 11.8 Å². The van der Waals surface area contributed by atoms with Gasteiger partial charge >= 0.3 is 0 Å². The highest BCUT2D eigenvalue weighted by Crippen LogP contribution is 2.18. The molecule has 0 aliphatic rings. The van der Waals surface area contributed by atoms with Crippen LogP contribution in [0.3, 0.4) is 0 Å². The molecule has 0 fully saturated rings. The van der Waals surface area contributed by atoms with Gasteiger partial charge in [0.2, 0.25) is 0 Å². The molecule has 0 saturated heterocycles. The molecule has 4 nitrogen and oxygen atoms in total. The zero-order valence-corrected chi connectivity index (χ0v) is 15.7. The van der Waals surface area contributed by atoms with E-state index in [2.05, 4.69) is 5.32 Å². The van der Waals surface area contributed by atoms with Crippen molar-refractivity contribution in [2.75, 3.05) is 5.32 Å². The minimum absolute atomic E-state index is 0.00192. The third kappa shape index (κ3) is 5.47. The van der Waals surface area contributed by atoms with E-state index in [1.807, 2.05) is 36.4 Å². The molecule has 0 aliphatic carbocycles. The number of nitrogens with one attached hydrogen (secondary N) is 1. The van der Waals surface area contributed by atoms with Crippen LogP contribution in [-0.2, 0) is 11.4 Å². The zero-order valence-electron chi connectivity index (χ0n) is 14.9. The smallest absolute Gasteiger partial charge is 0.266 e. The van der Waals surface area contributed by atoms with E-state index in [4.69, 9.17) is 16.3 Å². The van der Waals surface area contributed by atoms with Crippen LogP contribution in [0.25, 0.3) is 6.08 Å². The van der Waals surface area contributed by atoms with Crippen LogP contribution in [-0.4, -0.2) is 5.91 Å². The Morgan fingerprint density at radius 2 is 1.79 bits per heavy atom. The lowest BCUT2D eigenvalue weighted by molar-refractivity contribution is -0.112. The van der Waals surface area contributed by atoms with Crippen molar-refractivity contribution in [3.05, 3.63) is 101 Å². The summed E-state index contributed by atoms with van der Waals surface area (Å²) < 4.78 is 5.74. The lowest BCUT2D eigenvalue weighted by Crippen LogP contribution is -2.13. The van der Waals surface area contributed by atoms with E-state index in [0.29, 0.717) is 23.1 Å². The predicted molar refractivity (Wildman–Crippen MR) is 111 cm³/mol. The van der Waals surface area contributed by atoms with E-state index in [-0.39, 0.29) is 5.57 Å². The van der Waals surface area contributed by atoms with E-state index >= 15 is 0 Å². The van der Waals surface area contributed by atoms with E-state index in [1.54, 1.807) is 48.5 Å². The maximum Gasteiger partial charge on any atom is 0.266 e. The van der Waals surface area contributed by atoms with Crippen LogP contribution in [0.1, 0.15) is 11.1 Å². The Balaban J connectivity index is 1.65. The van der Waals surface area contributed by atoms with Gasteiger partial charge in [-0.15, -0.1) is 0 Å². The molecular formula is C23H17ClN2O2. The number of halogens is 1. The third-order valence-corrected chi connectivity index (χ3v) is 4.12. The van der Waals surface area contributed by atoms with Crippen molar-refractivity contribution in [2.24, 2.45) is 0 Å². The largest absolute Gasteiger partial charge is 0.489 e. The number of rotatable bonds is 6. The Labute approximate surface area is 168 Å². The summed E-state index contributed by atoms with van der Waals surface area (Å²) in [6.07, 6.45) is 1.53. The number of carbonyl (C=O) groups excluding carboxylic acids is 1. The first kappa shape index (κ1) is 19.2. The van der Waals surface area contributed by atoms with Crippen molar-refractivity contribution >= 4 is 29.3 Å². The fourth-order valence-electron chi connectivity index (χ4n) is 2.48. The number of amides is 1. The van der Waals surface area contributed by atoms with Crippen LogP contribution in [0.5, 0.6) is 5.75 Å². The molecular weight excluding hydrogens is 372 g/mol. The van der Waals surface area contributed by atoms with Gasteiger partial charge in [-0.3, -0.25) is 4.79 Å². The van der Waals surface area contributed by atoms with E-state index in [9.17, 15) is 10.1 Å². The molecule has 138 valence electrons. The van der Waals surface area contributed by atoms with Crippen LogP contribution >= 0.6 is 11.6 Å². The van der Waals surface area contributed by atoms with E-state index in [1.165, 1.54) is 6.08 Å². The molecule has 3 rings (SSSR count). The number of nitrogens with zero attached hydrogens (tertiary/aromatic N) is 1. The highest BCUT2D eigenvalue weighted by atomic mass is 35.5. The first-order valence-electron chi connectivity index (χ1n) is 8.59. The van der Waals surface area contributed by atoms with Crippen molar-refractivity contribution in [3.63, 3.8) is 0 Å². The molecule has 3 aromatic rings. The number of benzene rings is 3. The van der Waals surface area contributed by atoms with Gasteiger partial charge in [0.1, 0.15) is 24.0 Å². The number of hydrogen-bond donors (Lipinski definition) is 1. The molecule has 0 atom stereocenters. The van der Waals surface area contributed by atoms with Gasteiger partial charge in [-0.1, -0.05) is 60.1 Å². The quantitative estimate of drug-likeness (QED) is 0.450. The molecule has 3 aromatic carbocycles. The van der Waals surface area contributed by atoms with Crippen LogP contribution in [0.2, 0.25) is 5.02 Å². The normalized spacial score (nSPS) is 10.8. The molecule has 0 bridgehead atoms. The summed E-state index contributed by atoms with van der Waals surface area (Å²) in [6.45, 7) is 0.474. The summed E-state index contributed by atoms with van der Waals surface area (Å²) in [5, 5.41) is 12.5. The van der Waals surface area contributed by atoms with Crippen molar-refractivity contribution in [1.82, 2.24) is 0 Å². The van der Waals surface area contributed by atoms with Gasteiger partial charge in [-0.05, 0) is 47.5 Å². The minimum atomic E-state index is -0.492. The maximum absolute atomic E-state index is 12.3. The average Bonchev–Trinajstić information content (AvgIpc) is 2.72. The first-order valence-corrected chi connectivity index (χ1v) is 8.97. The van der Waals surface area contributed by atoms with Crippen molar-refractivity contribution in [1.29, 1.82) is 5.26 Å². The molecule has 5 heteroatoms. The minimum Gasteiger partial charge on any atom is -0.489 e. The van der Waals surface area contributed by atoms with Crippen LogP contribution in [0.4, 0.5) is 5.69 Å². The summed E-state index contributed by atoms with van der Waals surface area (Å²) in [5.41, 5.74) is 2.34. The standard InChI is InChI=1S/C23H17ClN2O2/c24-20-7-4-8-21(14-20)26-23(27)19(15-25)13-17-9-11-22(12-10-17)28-16-18-5-2-1-3-6-18/h1-14H,16H2,(H,26,27)/b19-13+. The molecule has 0 heterocycles. The highest BCUT2D eigenvalue weighted by Gasteiger charge is 2.10. The molecule has 0 aliphatic heterocycles. The van der Waals surface area contributed by atoms with Gasteiger partial charge in [0.25, 0.3) is 5.91 Å². The molecule has 0 spiro atoms. The number of anilines is 1. The van der Waals surface area contributed by atoms with Crippen LogP contribution in [0.15, 0.2) is 84.4 Å². The molecule has 0 radical (unpaired) electrons. The summed E-state index contributed by atoms with van der Waals surface area (Å²) in [7, 11) is 0. The van der Waals surface area contributed by atoms with Crippen molar-refractivity contribution < 1.29 is 9.53 Å². The molecule has 1 amide bonds. The van der Waals surface area contributed by atoms with Gasteiger partial charge < -0.3 is 10.1 Å². The number of carbonyl (C=O) groups is 1. The number of nitriles is 1. The summed E-state index contributed by atoms with van der Waals surface area (Å²) in [5.74, 6) is 0.220.